The lowest BCUT2D eigenvalue weighted by Gasteiger charge is -2.30. The van der Waals surface area contributed by atoms with Crippen molar-refractivity contribution in [1.82, 2.24) is 0 Å². The third kappa shape index (κ3) is 4.73. The molecule has 16 heavy (non-hydrogen) atoms. The summed E-state index contributed by atoms with van der Waals surface area (Å²) in [6, 6.07) is 0. The topological polar surface area (TPSA) is 26.3 Å². The van der Waals surface area contributed by atoms with E-state index in [1.165, 1.54) is 19.3 Å². The number of hydrogen-bond acceptors (Lipinski definition) is 2. The van der Waals surface area contributed by atoms with Crippen LogP contribution in [0.1, 0.15) is 58.3 Å². The lowest BCUT2D eigenvalue weighted by molar-refractivity contribution is -0.153. The minimum atomic E-state index is -0.0320. The lowest BCUT2D eigenvalue weighted by Crippen LogP contribution is -2.29. The normalized spacial score (nSPS) is 25.4. The maximum Gasteiger partial charge on any atom is 0.306 e. The molecule has 0 aliphatic heterocycles. The van der Waals surface area contributed by atoms with Gasteiger partial charge in [0, 0.05) is 12.3 Å². The minimum absolute atomic E-state index is 0.0320. The van der Waals surface area contributed by atoms with E-state index in [4.69, 9.17) is 16.3 Å². The molecule has 2 atom stereocenters. The van der Waals surface area contributed by atoms with Crippen LogP contribution in [-0.2, 0) is 9.53 Å². The quantitative estimate of drug-likeness (QED) is 0.404. The molecule has 0 radical (unpaired) electrons. The van der Waals surface area contributed by atoms with Gasteiger partial charge in [0.1, 0.15) is 6.10 Å². The molecule has 1 rings (SSSR count). The van der Waals surface area contributed by atoms with Gasteiger partial charge in [0.05, 0.1) is 0 Å². The molecule has 0 heterocycles. The van der Waals surface area contributed by atoms with E-state index in [1.807, 2.05) is 0 Å². The van der Waals surface area contributed by atoms with Gasteiger partial charge in [0.2, 0.25) is 0 Å². The van der Waals surface area contributed by atoms with Crippen molar-refractivity contribution in [2.45, 2.75) is 64.4 Å². The fourth-order valence-electron chi connectivity index (χ4n) is 2.39. The first-order valence-corrected chi connectivity index (χ1v) is 7.06. The number of alkyl halides is 1. The van der Waals surface area contributed by atoms with Crippen LogP contribution in [0.5, 0.6) is 0 Å². The Labute approximate surface area is 104 Å². The standard InChI is InChI=1S/C13H23ClO2/c1-2-11-7-3-4-8-12(11)16-13(15)9-5-6-10-14/h11-12H,2-10H2,1H3. The minimum Gasteiger partial charge on any atom is -0.462 e. The molecule has 2 unspecified atom stereocenters. The van der Waals surface area contributed by atoms with Gasteiger partial charge in [-0.15, -0.1) is 11.6 Å². The van der Waals surface area contributed by atoms with Crippen molar-refractivity contribution in [1.29, 1.82) is 0 Å². The molecule has 0 aromatic carbocycles. The van der Waals surface area contributed by atoms with Gasteiger partial charge in [-0.3, -0.25) is 4.79 Å². The summed E-state index contributed by atoms with van der Waals surface area (Å²) in [5.74, 6) is 1.19. The first-order chi connectivity index (χ1) is 7.77. The Morgan fingerprint density at radius 2 is 2.06 bits per heavy atom. The first-order valence-electron chi connectivity index (χ1n) is 6.53. The molecule has 0 bridgehead atoms. The highest BCUT2D eigenvalue weighted by Gasteiger charge is 2.26. The van der Waals surface area contributed by atoms with Gasteiger partial charge in [0.25, 0.3) is 0 Å². The first kappa shape index (κ1) is 13.8. The molecule has 94 valence electrons. The van der Waals surface area contributed by atoms with Crippen LogP contribution in [0.15, 0.2) is 0 Å². The third-order valence-electron chi connectivity index (χ3n) is 3.41. The molecule has 1 fully saturated rings. The van der Waals surface area contributed by atoms with E-state index in [0.717, 1.165) is 25.7 Å². The molecule has 0 aromatic rings. The second kappa shape index (κ2) is 7.94. The lowest BCUT2D eigenvalue weighted by atomic mass is 9.85. The van der Waals surface area contributed by atoms with Crippen LogP contribution in [0.3, 0.4) is 0 Å². The molecule has 1 saturated carbocycles. The van der Waals surface area contributed by atoms with Gasteiger partial charge >= 0.3 is 5.97 Å². The van der Waals surface area contributed by atoms with Crippen molar-refractivity contribution in [3.63, 3.8) is 0 Å². The Morgan fingerprint density at radius 1 is 1.31 bits per heavy atom. The zero-order valence-electron chi connectivity index (χ0n) is 10.2. The van der Waals surface area contributed by atoms with Crippen LogP contribution in [0, 0.1) is 5.92 Å². The highest BCUT2D eigenvalue weighted by Crippen LogP contribution is 2.29. The maximum absolute atomic E-state index is 11.6. The van der Waals surface area contributed by atoms with E-state index >= 15 is 0 Å². The van der Waals surface area contributed by atoms with Crippen LogP contribution >= 0.6 is 11.6 Å². The molecule has 0 spiro atoms. The monoisotopic (exact) mass is 246 g/mol. The summed E-state index contributed by atoms with van der Waals surface area (Å²) in [5.41, 5.74) is 0. The van der Waals surface area contributed by atoms with E-state index in [0.29, 0.717) is 18.2 Å². The molecule has 0 saturated heterocycles. The van der Waals surface area contributed by atoms with E-state index in [9.17, 15) is 4.79 Å². The molecule has 3 heteroatoms. The molecular formula is C13H23ClO2. The Hall–Kier alpha value is -0.240. The van der Waals surface area contributed by atoms with Crippen LogP contribution in [0.2, 0.25) is 0 Å². The van der Waals surface area contributed by atoms with Crippen molar-refractivity contribution in [3.05, 3.63) is 0 Å². The van der Waals surface area contributed by atoms with Crippen molar-refractivity contribution in [3.8, 4) is 0 Å². The number of hydrogen-bond donors (Lipinski definition) is 0. The molecule has 2 nitrogen and oxygen atoms in total. The summed E-state index contributed by atoms with van der Waals surface area (Å²) in [6.45, 7) is 2.18. The fourth-order valence-corrected chi connectivity index (χ4v) is 2.58. The van der Waals surface area contributed by atoms with E-state index in [1.54, 1.807) is 0 Å². The van der Waals surface area contributed by atoms with Gasteiger partial charge in [-0.2, -0.15) is 0 Å². The van der Waals surface area contributed by atoms with Gasteiger partial charge in [-0.1, -0.05) is 13.3 Å². The summed E-state index contributed by atoms with van der Waals surface area (Å²) >= 11 is 5.57. The zero-order valence-corrected chi connectivity index (χ0v) is 11.0. The summed E-state index contributed by atoms with van der Waals surface area (Å²) in [6.07, 6.45) is 8.36. The van der Waals surface area contributed by atoms with Crippen LogP contribution in [0.25, 0.3) is 0 Å². The molecule has 0 amide bonds. The number of ether oxygens (including phenoxy) is 1. The maximum atomic E-state index is 11.6. The Kier molecular flexibility index (Phi) is 6.86. The van der Waals surface area contributed by atoms with Crippen LogP contribution in [-0.4, -0.2) is 18.0 Å². The summed E-state index contributed by atoms with van der Waals surface area (Å²) < 4.78 is 5.56. The smallest absolute Gasteiger partial charge is 0.306 e. The average Bonchev–Trinajstić information content (AvgIpc) is 2.30. The molecule has 0 N–H and O–H groups in total. The number of carbonyl (C=O) groups is 1. The van der Waals surface area contributed by atoms with Crippen LogP contribution in [0.4, 0.5) is 0 Å². The van der Waals surface area contributed by atoms with E-state index < -0.39 is 0 Å². The third-order valence-corrected chi connectivity index (χ3v) is 3.68. The molecule has 1 aliphatic carbocycles. The van der Waals surface area contributed by atoms with Crippen molar-refractivity contribution in [2.24, 2.45) is 5.92 Å². The van der Waals surface area contributed by atoms with Crippen molar-refractivity contribution < 1.29 is 9.53 Å². The zero-order chi connectivity index (χ0) is 11.8. The number of unbranched alkanes of at least 4 members (excludes halogenated alkanes) is 1. The molecule has 0 aromatic heterocycles. The summed E-state index contributed by atoms with van der Waals surface area (Å²) in [4.78, 5) is 11.6. The predicted molar refractivity (Wildman–Crippen MR) is 66.7 cm³/mol. The van der Waals surface area contributed by atoms with Gasteiger partial charge < -0.3 is 4.74 Å². The fraction of sp³-hybridized carbons (Fsp3) is 0.923. The number of carbonyl (C=O) groups excluding carboxylic acids is 1. The van der Waals surface area contributed by atoms with Crippen molar-refractivity contribution >= 4 is 17.6 Å². The Bertz CT molecular complexity index is 206. The highest BCUT2D eigenvalue weighted by molar-refractivity contribution is 6.17. The second-order valence-corrected chi connectivity index (χ2v) is 5.01. The van der Waals surface area contributed by atoms with Crippen LogP contribution < -0.4 is 0 Å². The van der Waals surface area contributed by atoms with Crippen molar-refractivity contribution in [2.75, 3.05) is 5.88 Å². The Balaban J connectivity index is 2.25. The second-order valence-electron chi connectivity index (χ2n) is 4.63. The van der Waals surface area contributed by atoms with Gasteiger partial charge in [-0.05, 0) is 44.4 Å². The number of rotatable bonds is 6. The Morgan fingerprint density at radius 3 is 2.75 bits per heavy atom. The van der Waals surface area contributed by atoms with Gasteiger partial charge in [-0.25, -0.2) is 0 Å². The van der Waals surface area contributed by atoms with E-state index in [2.05, 4.69) is 6.92 Å². The molecule has 1 aliphatic rings. The largest absolute Gasteiger partial charge is 0.462 e. The number of halogens is 1. The summed E-state index contributed by atoms with van der Waals surface area (Å²) in [5, 5.41) is 0. The number of esters is 1. The molecular weight excluding hydrogens is 224 g/mol. The summed E-state index contributed by atoms with van der Waals surface area (Å²) in [7, 11) is 0. The highest BCUT2D eigenvalue weighted by atomic mass is 35.5. The SMILES string of the molecule is CCC1CCCCC1OC(=O)CCCCCl. The van der Waals surface area contributed by atoms with Gasteiger partial charge in [0.15, 0.2) is 0 Å². The predicted octanol–water partition coefficient (Wildman–Crippen LogP) is 3.91. The average molecular weight is 247 g/mol. The van der Waals surface area contributed by atoms with E-state index in [-0.39, 0.29) is 12.1 Å².